The molecule has 54 valence electrons. The molecule has 1 heterocycles. The van der Waals surface area contributed by atoms with Gasteiger partial charge in [0.15, 0.2) is 0 Å². The van der Waals surface area contributed by atoms with E-state index >= 15 is 0 Å². The van der Waals surface area contributed by atoms with Crippen LogP contribution in [0.25, 0.3) is 0 Å². The number of nitrogens with two attached hydrogens (primary N) is 1. The molecular weight excluding hydrogens is 112 g/mol. The number of nitrogens with one attached hydrogen (secondary N) is 1. The van der Waals surface area contributed by atoms with Crippen molar-refractivity contribution in [3.05, 3.63) is 0 Å². The number of hydrogen-bond acceptors (Lipinski definition) is 2. The highest BCUT2D eigenvalue weighted by Gasteiger charge is 2.25. The molecule has 2 nitrogen and oxygen atoms in total. The van der Waals surface area contributed by atoms with Gasteiger partial charge in [0.2, 0.25) is 0 Å². The highest BCUT2D eigenvalue weighted by molar-refractivity contribution is 4.85. The molecule has 0 aromatic carbocycles. The van der Waals surface area contributed by atoms with Gasteiger partial charge in [0.1, 0.15) is 0 Å². The molecule has 0 bridgehead atoms. The lowest BCUT2D eigenvalue weighted by atomic mass is 9.92. The molecule has 2 heteroatoms. The highest BCUT2D eigenvalue weighted by atomic mass is 15.0. The molecule has 0 spiro atoms. The second kappa shape index (κ2) is 2.67. The van der Waals surface area contributed by atoms with Gasteiger partial charge >= 0.3 is 0 Å². The fourth-order valence-corrected chi connectivity index (χ4v) is 1.45. The molecule has 0 aromatic rings. The summed E-state index contributed by atoms with van der Waals surface area (Å²) in [6.07, 6.45) is 0. The fourth-order valence-electron chi connectivity index (χ4n) is 1.45. The first kappa shape index (κ1) is 7.03. The van der Waals surface area contributed by atoms with Gasteiger partial charge in [-0.3, -0.25) is 0 Å². The molecule has 3 N–H and O–H groups in total. The van der Waals surface area contributed by atoms with E-state index in [2.05, 4.69) is 19.2 Å². The Hall–Kier alpha value is -0.0800. The summed E-state index contributed by atoms with van der Waals surface area (Å²) in [5.74, 6) is 1.43. The summed E-state index contributed by atoms with van der Waals surface area (Å²) in [4.78, 5) is 0. The lowest BCUT2D eigenvalue weighted by molar-refractivity contribution is 0.381. The monoisotopic (exact) mass is 128 g/mol. The molecule has 1 aliphatic heterocycles. The Kier molecular flexibility index (Phi) is 2.09. The van der Waals surface area contributed by atoms with Gasteiger partial charge in [0, 0.05) is 12.6 Å². The van der Waals surface area contributed by atoms with E-state index in [-0.39, 0.29) is 0 Å². The maximum Gasteiger partial charge on any atom is 0.0208 e. The molecule has 1 fully saturated rings. The average Bonchev–Trinajstić information content (AvgIpc) is 2.13. The predicted octanol–water partition coefficient (Wildman–Crippen LogP) is 0.189. The van der Waals surface area contributed by atoms with Crippen LogP contribution in [0.5, 0.6) is 0 Å². The van der Waals surface area contributed by atoms with Crippen molar-refractivity contribution in [2.75, 3.05) is 13.1 Å². The van der Waals surface area contributed by atoms with Crippen LogP contribution >= 0.6 is 0 Å². The molecule has 2 atom stereocenters. The van der Waals surface area contributed by atoms with Crippen molar-refractivity contribution in [3.8, 4) is 0 Å². The van der Waals surface area contributed by atoms with Crippen molar-refractivity contribution in [3.63, 3.8) is 0 Å². The largest absolute Gasteiger partial charge is 0.326 e. The zero-order valence-electron chi connectivity index (χ0n) is 6.22. The van der Waals surface area contributed by atoms with Gasteiger partial charge < -0.3 is 11.1 Å². The van der Waals surface area contributed by atoms with Gasteiger partial charge in [-0.15, -0.1) is 0 Å². The number of rotatable bonds is 1. The van der Waals surface area contributed by atoms with Gasteiger partial charge in [-0.1, -0.05) is 13.8 Å². The van der Waals surface area contributed by atoms with Crippen molar-refractivity contribution in [2.45, 2.75) is 19.9 Å². The van der Waals surface area contributed by atoms with E-state index in [0.717, 1.165) is 19.0 Å². The average molecular weight is 128 g/mol. The molecule has 0 radical (unpaired) electrons. The van der Waals surface area contributed by atoms with E-state index in [1.54, 1.807) is 0 Å². The van der Waals surface area contributed by atoms with Crippen LogP contribution in [-0.2, 0) is 0 Å². The van der Waals surface area contributed by atoms with Gasteiger partial charge in [0.25, 0.3) is 0 Å². The summed E-state index contributed by atoms with van der Waals surface area (Å²) in [5, 5.41) is 3.28. The van der Waals surface area contributed by atoms with Crippen LogP contribution in [0, 0.1) is 11.8 Å². The van der Waals surface area contributed by atoms with E-state index < -0.39 is 0 Å². The van der Waals surface area contributed by atoms with Crippen LogP contribution in [-0.4, -0.2) is 19.1 Å². The van der Waals surface area contributed by atoms with E-state index in [4.69, 9.17) is 5.73 Å². The van der Waals surface area contributed by atoms with E-state index in [1.807, 2.05) is 0 Å². The van der Waals surface area contributed by atoms with Crippen molar-refractivity contribution in [1.82, 2.24) is 5.32 Å². The zero-order valence-corrected chi connectivity index (χ0v) is 6.22. The summed E-state index contributed by atoms with van der Waals surface area (Å²) in [6.45, 7) is 6.58. The van der Waals surface area contributed by atoms with Crippen LogP contribution in [0.1, 0.15) is 13.8 Å². The lowest BCUT2D eigenvalue weighted by Gasteiger charge is -2.17. The Labute approximate surface area is 56.8 Å². The SMILES string of the molecule is CC(C)C1CNCC1N. The fraction of sp³-hybridized carbons (Fsp3) is 1.00. The van der Waals surface area contributed by atoms with E-state index in [0.29, 0.717) is 12.0 Å². The normalized spacial score (nSPS) is 36.0. The first-order chi connectivity index (χ1) is 4.22. The maximum absolute atomic E-state index is 5.82. The Bertz CT molecular complexity index is 90.9. The molecule has 0 aromatic heterocycles. The van der Waals surface area contributed by atoms with Crippen LogP contribution in [0.2, 0.25) is 0 Å². The third kappa shape index (κ3) is 1.43. The van der Waals surface area contributed by atoms with Crippen LogP contribution in [0.15, 0.2) is 0 Å². The number of hydrogen-bond donors (Lipinski definition) is 2. The molecule has 0 amide bonds. The standard InChI is InChI=1S/C7H16N2/c1-5(2)6-3-9-4-7(6)8/h5-7,9H,3-4,8H2,1-2H3. The third-order valence-electron chi connectivity index (χ3n) is 2.17. The third-order valence-corrected chi connectivity index (χ3v) is 2.17. The first-order valence-corrected chi connectivity index (χ1v) is 3.68. The van der Waals surface area contributed by atoms with Crippen LogP contribution in [0.4, 0.5) is 0 Å². The molecular formula is C7H16N2. The minimum absolute atomic E-state index is 0.394. The Balaban J connectivity index is 2.40. The lowest BCUT2D eigenvalue weighted by Crippen LogP contribution is -2.31. The molecule has 2 unspecified atom stereocenters. The van der Waals surface area contributed by atoms with Crippen molar-refractivity contribution >= 4 is 0 Å². The Morgan fingerprint density at radius 1 is 1.44 bits per heavy atom. The van der Waals surface area contributed by atoms with Crippen molar-refractivity contribution in [2.24, 2.45) is 17.6 Å². The summed E-state index contributed by atoms with van der Waals surface area (Å²) in [6, 6.07) is 0.394. The first-order valence-electron chi connectivity index (χ1n) is 3.68. The van der Waals surface area contributed by atoms with Crippen molar-refractivity contribution < 1.29 is 0 Å². The van der Waals surface area contributed by atoms with Gasteiger partial charge in [-0.2, -0.15) is 0 Å². The van der Waals surface area contributed by atoms with Crippen molar-refractivity contribution in [1.29, 1.82) is 0 Å². The molecule has 0 aliphatic carbocycles. The van der Waals surface area contributed by atoms with Gasteiger partial charge in [-0.05, 0) is 18.4 Å². The quantitative estimate of drug-likeness (QED) is 0.529. The molecule has 1 rings (SSSR count). The summed E-state index contributed by atoms with van der Waals surface area (Å²) < 4.78 is 0. The topological polar surface area (TPSA) is 38.0 Å². The smallest absolute Gasteiger partial charge is 0.0208 e. The predicted molar refractivity (Wildman–Crippen MR) is 39.2 cm³/mol. The molecule has 0 saturated carbocycles. The van der Waals surface area contributed by atoms with Crippen LogP contribution in [0.3, 0.4) is 0 Å². The second-order valence-electron chi connectivity index (χ2n) is 3.23. The second-order valence-corrected chi connectivity index (χ2v) is 3.23. The summed E-state index contributed by atoms with van der Waals surface area (Å²) in [5.41, 5.74) is 5.82. The highest BCUT2D eigenvalue weighted by Crippen LogP contribution is 2.16. The van der Waals surface area contributed by atoms with Gasteiger partial charge in [-0.25, -0.2) is 0 Å². The molecule has 1 saturated heterocycles. The van der Waals surface area contributed by atoms with E-state index in [1.165, 1.54) is 0 Å². The van der Waals surface area contributed by atoms with E-state index in [9.17, 15) is 0 Å². The zero-order chi connectivity index (χ0) is 6.85. The summed E-state index contributed by atoms with van der Waals surface area (Å²) >= 11 is 0. The Morgan fingerprint density at radius 3 is 2.33 bits per heavy atom. The minimum Gasteiger partial charge on any atom is -0.326 e. The molecule has 1 aliphatic rings. The Morgan fingerprint density at radius 2 is 2.11 bits per heavy atom. The summed E-state index contributed by atoms with van der Waals surface area (Å²) in [7, 11) is 0. The minimum atomic E-state index is 0.394. The van der Waals surface area contributed by atoms with Crippen LogP contribution < -0.4 is 11.1 Å². The maximum atomic E-state index is 5.82. The van der Waals surface area contributed by atoms with Gasteiger partial charge in [0.05, 0.1) is 0 Å². The molecule has 9 heavy (non-hydrogen) atoms.